The van der Waals surface area contributed by atoms with Crippen LogP contribution in [-0.4, -0.2) is 11.2 Å². The lowest BCUT2D eigenvalue weighted by molar-refractivity contribution is 0.155. The predicted molar refractivity (Wildman–Crippen MR) is 47.3 cm³/mol. The lowest BCUT2D eigenvalue weighted by atomic mass is 9.75. The van der Waals surface area contributed by atoms with Crippen molar-refractivity contribution in [2.45, 2.75) is 46.6 Å². The fourth-order valence-corrected chi connectivity index (χ4v) is 2.42. The Hall–Kier alpha value is -0.0400. The molecule has 1 saturated carbocycles. The average molecular weight is 156 g/mol. The highest BCUT2D eigenvalue weighted by Gasteiger charge is 2.37. The molecule has 0 heterocycles. The molecule has 1 aliphatic rings. The van der Waals surface area contributed by atoms with Gasteiger partial charge in [0.25, 0.3) is 0 Å². The van der Waals surface area contributed by atoms with E-state index in [9.17, 15) is 5.11 Å². The Morgan fingerprint density at radius 2 is 1.73 bits per heavy atom. The van der Waals surface area contributed by atoms with E-state index in [0.717, 1.165) is 12.8 Å². The van der Waals surface area contributed by atoms with E-state index in [1.807, 2.05) is 0 Å². The summed E-state index contributed by atoms with van der Waals surface area (Å²) in [5.41, 5.74) is 0.372. The van der Waals surface area contributed by atoms with Crippen molar-refractivity contribution in [3.63, 3.8) is 0 Å². The van der Waals surface area contributed by atoms with Crippen LogP contribution in [0.3, 0.4) is 0 Å². The first-order valence-electron chi connectivity index (χ1n) is 4.59. The van der Waals surface area contributed by atoms with E-state index >= 15 is 0 Å². The van der Waals surface area contributed by atoms with Gasteiger partial charge in [-0.25, -0.2) is 0 Å². The van der Waals surface area contributed by atoms with E-state index in [-0.39, 0.29) is 6.10 Å². The van der Waals surface area contributed by atoms with Crippen LogP contribution in [0.15, 0.2) is 0 Å². The van der Waals surface area contributed by atoms with Gasteiger partial charge in [0.15, 0.2) is 0 Å². The highest BCUT2D eigenvalue weighted by Crippen LogP contribution is 2.42. The van der Waals surface area contributed by atoms with Gasteiger partial charge < -0.3 is 5.11 Å². The maximum Gasteiger partial charge on any atom is 0.0545 e. The molecule has 1 fully saturated rings. The highest BCUT2D eigenvalue weighted by atomic mass is 16.3. The van der Waals surface area contributed by atoms with Crippen LogP contribution in [0.4, 0.5) is 0 Å². The summed E-state index contributed by atoms with van der Waals surface area (Å²) in [5, 5.41) is 9.43. The van der Waals surface area contributed by atoms with Crippen molar-refractivity contribution in [1.29, 1.82) is 0 Å². The van der Waals surface area contributed by atoms with Gasteiger partial charge in [-0.2, -0.15) is 0 Å². The molecule has 0 bridgehead atoms. The summed E-state index contributed by atoms with van der Waals surface area (Å²) >= 11 is 0. The van der Waals surface area contributed by atoms with E-state index in [4.69, 9.17) is 0 Å². The highest BCUT2D eigenvalue weighted by molar-refractivity contribution is 4.87. The molecule has 66 valence electrons. The molecule has 3 atom stereocenters. The van der Waals surface area contributed by atoms with Crippen LogP contribution in [0, 0.1) is 17.3 Å². The first-order chi connectivity index (χ1) is 4.91. The second-order valence-electron chi connectivity index (χ2n) is 5.08. The van der Waals surface area contributed by atoms with Crippen molar-refractivity contribution in [3.05, 3.63) is 0 Å². The van der Waals surface area contributed by atoms with Crippen LogP contribution in [0.1, 0.15) is 40.5 Å². The number of hydrogen-bond donors (Lipinski definition) is 1. The SMILES string of the molecule is CC1CC(O)CC1C(C)(C)C. The van der Waals surface area contributed by atoms with E-state index < -0.39 is 0 Å². The van der Waals surface area contributed by atoms with Crippen LogP contribution in [0.25, 0.3) is 0 Å². The van der Waals surface area contributed by atoms with Crippen LogP contribution in [0.5, 0.6) is 0 Å². The minimum Gasteiger partial charge on any atom is -0.393 e. The third-order valence-electron chi connectivity index (χ3n) is 2.97. The van der Waals surface area contributed by atoms with Gasteiger partial charge in [0, 0.05) is 0 Å². The van der Waals surface area contributed by atoms with Crippen molar-refractivity contribution < 1.29 is 5.11 Å². The van der Waals surface area contributed by atoms with E-state index in [1.165, 1.54) is 0 Å². The molecule has 0 spiro atoms. The summed E-state index contributed by atoms with van der Waals surface area (Å²) in [6, 6.07) is 0. The molecular formula is C10H20O. The fraction of sp³-hybridized carbons (Fsp3) is 1.00. The second-order valence-corrected chi connectivity index (χ2v) is 5.08. The van der Waals surface area contributed by atoms with Crippen LogP contribution >= 0.6 is 0 Å². The minimum atomic E-state index is -0.0331. The van der Waals surface area contributed by atoms with Gasteiger partial charge in [-0.3, -0.25) is 0 Å². The van der Waals surface area contributed by atoms with Gasteiger partial charge in [0.1, 0.15) is 0 Å². The monoisotopic (exact) mass is 156 g/mol. The number of rotatable bonds is 0. The molecule has 0 aromatic heterocycles. The smallest absolute Gasteiger partial charge is 0.0545 e. The predicted octanol–water partition coefficient (Wildman–Crippen LogP) is 2.44. The van der Waals surface area contributed by atoms with E-state index in [0.29, 0.717) is 17.3 Å². The summed E-state index contributed by atoms with van der Waals surface area (Å²) < 4.78 is 0. The topological polar surface area (TPSA) is 20.2 Å². The average Bonchev–Trinajstić information content (AvgIpc) is 2.08. The standard InChI is InChI=1S/C10H20O/c1-7-5-8(11)6-9(7)10(2,3)4/h7-9,11H,5-6H2,1-4H3. The Balaban J connectivity index is 2.60. The zero-order valence-electron chi connectivity index (χ0n) is 8.09. The normalized spacial score (nSPS) is 39.5. The minimum absolute atomic E-state index is 0.0331. The Morgan fingerprint density at radius 3 is 1.91 bits per heavy atom. The number of aliphatic hydroxyl groups excluding tert-OH is 1. The molecule has 11 heavy (non-hydrogen) atoms. The molecule has 1 nitrogen and oxygen atoms in total. The quantitative estimate of drug-likeness (QED) is 0.571. The van der Waals surface area contributed by atoms with Crippen molar-refractivity contribution in [2.75, 3.05) is 0 Å². The molecule has 0 saturated heterocycles. The first kappa shape index (κ1) is 9.05. The maximum absolute atomic E-state index is 9.43. The summed E-state index contributed by atoms with van der Waals surface area (Å²) in [7, 11) is 0. The summed E-state index contributed by atoms with van der Waals surface area (Å²) in [4.78, 5) is 0. The van der Waals surface area contributed by atoms with Gasteiger partial charge in [-0.1, -0.05) is 27.7 Å². The molecule has 1 N–H and O–H groups in total. The van der Waals surface area contributed by atoms with Gasteiger partial charge in [0.05, 0.1) is 6.10 Å². The Kier molecular flexibility index (Phi) is 2.29. The fourth-order valence-electron chi connectivity index (χ4n) is 2.42. The Morgan fingerprint density at radius 1 is 1.18 bits per heavy atom. The molecule has 1 heteroatoms. The Labute approximate surface area is 69.8 Å². The lowest BCUT2D eigenvalue weighted by Crippen LogP contribution is -2.22. The first-order valence-corrected chi connectivity index (χ1v) is 4.59. The van der Waals surface area contributed by atoms with Gasteiger partial charge in [-0.15, -0.1) is 0 Å². The van der Waals surface area contributed by atoms with E-state index in [2.05, 4.69) is 27.7 Å². The molecule has 0 amide bonds. The molecule has 0 aromatic carbocycles. The molecule has 0 radical (unpaired) electrons. The molecule has 0 aromatic rings. The van der Waals surface area contributed by atoms with Crippen LogP contribution in [-0.2, 0) is 0 Å². The third-order valence-corrected chi connectivity index (χ3v) is 2.97. The van der Waals surface area contributed by atoms with Crippen LogP contribution < -0.4 is 0 Å². The van der Waals surface area contributed by atoms with Crippen molar-refractivity contribution in [1.82, 2.24) is 0 Å². The zero-order valence-corrected chi connectivity index (χ0v) is 8.09. The second kappa shape index (κ2) is 2.78. The third kappa shape index (κ3) is 1.96. The molecular weight excluding hydrogens is 136 g/mol. The van der Waals surface area contributed by atoms with Gasteiger partial charge in [0.2, 0.25) is 0 Å². The largest absolute Gasteiger partial charge is 0.393 e. The van der Waals surface area contributed by atoms with Gasteiger partial charge in [-0.05, 0) is 30.1 Å². The lowest BCUT2D eigenvalue weighted by Gasteiger charge is -2.30. The van der Waals surface area contributed by atoms with Crippen molar-refractivity contribution in [3.8, 4) is 0 Å². The van der Waals surface area contributed by atoms with Crippen molar-refractivity contribution >= 4 is 0 Å². The summed E-state index contributed by atoms with van der Waals surface area (Å²) in [6.45, 7) is 9.07. The van der Waals surface area contributed by atoms with Gasteiger partial charge >= 0.3 is 0 Å². The number of aliphatic hydroxyl groups is 1. The summed E-state index contributed by atoms with van der Waals surface area (Å²) in [6.07, 6.45) is 1.97. The molecule has 0 aliphatic heterocycles. The van der Waals surface area contributed by atoms with E-state index in [1.54, 1.807) is 0 Å². The maximum atomic E-state index is 9.43. The van der Waals surface area contributed by atoms with Crippen molar-refractivity contribution in [2.24, 2.45) is 17.3 Å². The zero-order chi connectivity index (χ0) is 8.65. The number of hydrogen-bond acceptors (Lipinski definition) is 1. The summed E-state index contributed by atoms with van der Waals surface area (Å²) in [5.74, 6) is 1.41. The Bertz CT molecular complexity index is 134. The van der Waals surface area contributed by atoms with Crippen LogP contribution in [0.2, 0.25) is 0 Å². The molecule has 3 unspecified atom stereocenters. The molecule has 1 aliphatic carbocycles. The molecule has 1 rings (SSSR count).